The molecule has 25 heavy (non-hydrogen) atoms. The zero-order valence-electron chi connectivity index (χ0n) is 15.3. The van der Waals surface area contributed by atoms with Crippen molar-refractivity contribution in [3.63, 3.8) is 0 Å². The van der Waals surface area contributed by atoms with E-state index in [4.69, 9.17) is 4.74 Å². The Morgan fingerprint density at radius 1 is 1.12 bits per heavy atom. The lowest BCUT2D eigenvalue weighted by molar-refractivity contribution is -0.118. The summed E-state index contributed by atoms with van der Waals surface area (Å²) in [6, 6.07) is 2.22. The molecule has 2 aliphatic heterocycles. The Morgan fingerprint density at radius 2 is 1.80 bits per heavy atom. The number of rotatable bonds is 0. The first-order valence-electron chi connectivity index (χ1n) is 8.75. The average molecular weight is 409 g/mol. The number of benzene rings is 1. The van der Waals surface area contributed by atoms with Crippen LogP contribution < -0.4 is 4.90 Å². The van der Waals surface area contributed by atoms with Crippen LogP contribution in [0.5, 0.6) is 0 Å². The van der Waals surface area contributed by atoms with Crippen LogP contribution in [-0.2, 0) is 28.8 Å². The lowest BCUT2D eigenvalue weighted by Gasteiger charge is -2.29. The lowest BCUT2D eigenvalue weighted by atomic mass is 9.93. The van der Waals surface area contributed by atoms with E-state index in [0.717, 1.165) is 29.4 Å². The van der Waals surface area contributed by atoms with Crippen LogP contribution in [0, 0.1) is 0 Å². The van der Waals surface area contributed by atoms with Gasteiger partial charge in [-0.2, -0.15) is 0 Å². The van der Waals surface area contributed by atoms with E-state index in [9.17, 15) is 9.59 Å². The molecule has 0 radical (unpaired) electrons. The third-order valence-electron chi connectivity index (χ3n) is 4.77. The Labute approximate surface area is 157 Å². The second-order valence-corrected chi connectivity index (χ2v) is 8.55. The fraction of sp³-hybridized carbons (Fsp3) is 0.579. The molecule has 3 rings (SSSR count). The Bertz CT molecular complexity index is 724. The maximum atomic E-state index is 12.4. The molecule has 5 nitrogen and oxygen atoms in total. The van der Waals surface area contributed by atoms with Gasteiger partial charge in [-0.05, 0) is 72.7 Å². The zero-order chi connectivity index (χ0) is 18.4. The number of hydrogen-bond donors (Lipinski definition) is 0. The van der Waals surface area contributed by atoms with E-state index in [0.29, 0.717) is 19.5 Å². The number of ether oxygens (including phenoxy) is 1. The molecule has 1 aromatic rings. The van der Waals surface area contributed by atoms with Crippen LogP contribution in [0.3, 0.4) is 0 Å². The van der Waals surface area contributed by atoms with Gasteiger partial charge >= 0.3 is 6.09 Å². The Balaban J connectivity index is 1.86. The third-order valence-corrected chi connectivity index (χ3v) is 5.62. The van der Waals surface area contributed by atoms with Crippen molar-refractivity contribution in [2.75, 3.05) is 25.0 Å². The Kier molecular flexibility index (Phi) is 4.84. The van der Waals surface area contributed by atoms with E-state index in [1.54, 1.807) is 9.80 Å². The zero-order valence-corrected chi connectivity index (χ0v) is 16.9. The monoisotopic (exact) mass is 408 g/mol. The SMILES string of the molecule is CN1C(=O)CCc2cc3c(c(Br)c21)CCN(C(=O)OC(C)(C)C)CC3. The number of carbonyl (C=O) groups is 2. The van der Waals surface area contributed by atoms with Gasteiger partial charge in [0.05, 0.1) is 5.69 Å². The van der Waals surface area contributed by atoms with Gasteiger partial charge in [0, 0.05) is 31.0 Å². The van der Waals surface area contributed by atoms with Gasteiger partial charge in [0.15, 0.2) is 0 Å². The molecule has 0 unspecified atom stereocenters. The van der Waals surface area contributed by atoms with E-state index in [1.807, 2.05) is 27.8 Å². The van der Waals surface area contributed by atoms with Gasteiger partial charge in [-0.15, -0.1) is 0 Å². The molecule has 6 heteroatoms. The van der Waals surface area contributed by atoms with Crippen molar-refractivity contribution in [1.29, 1.82) is 0 Å². The van der Waals surface area contributed by atoms with Crippen LogP contribution in [-0.4, -0.2) is 42.6 Å². The molecule has 0 saturated carbocycles. The van der Waals surface area contributed by atoms with Crippen LogP contribution in [0.2, 0.25) is 0 Å². The van der Waals surface area contributed by atoms with Crippen LogP contribution in [0.15, 0.2) is 10.5 Å². The Hall–Kier alpha value is -1.56. The highest BCUT2D eigenvalue weighted by Crippen LogP contribution is 2.39. The highest BCUT2D eigenvalue weighted by molar-refractivity contribution is 9.10. The van der Waals surface area contributed by atoms with Gasteiger partial charge in [0.2, 0.25) is 5.91 Å². The fourth-order valence-electron chi connectivity index (χ4n) is 3.49. The summed E-state index contributed by atoms with van der Waals surface area (Å²) >= 11 is 3.73. The van der Waals surface area contributed by atoms with Crippen molar-refractivity contribution < 1.29 is 14.3 Å². The van der Waals surface area contributed by atoms with Crippen LogP contribution in [0.25, 0.3) is 0 Å². The number of carbonyl (C=O) groups excluding carboxylic acids is 2. The molecule has 2 heterocycles. The molecule has 0 aliphatic carbocycles. The molecule has 0 atom stereocenters. The molecule has 136 valence electrons. The highest BCUT2D eigenvalue weighted by atomic mass is 79.9. The molecule has 0 saturated heterocycles. The van der Waals surface area contributed by atoms with E-state index >= 15 is 0 Å². The van der Waals surface area contributed by atoms with Gasteiger partial charge in [0.25, 0.3) is 0 Å². The Morgan fingerprint density at radius 3 is 2.48 bits per heavy atom. The minimum Gasteiger partial charge on any atom is -0.444 e. The number of hydrogen-bond acceptors (Lipinski definition) is 3. The second kappa shape index (κ2) is 6.63. The first-order valence-corrected chi connectivity index (χ1v) is 9.54. The first kappa shape index (κ1) is 18.2. The molecule has 2 aliphatic rings. The number of aryl methyl sites for hydroxylation is 1. The summed E-state index contributed by atoms with van der Waals surface area (Å²) in [5, 5.41) is 0. The summed E-state index contributed by atoms with van der Waals surface area (Å²) < 4.78 is 6.52. The second-order valence-electron chi connectivity index (χ2n) is 7.76. The van der Waals surface area contributed by atoms with Gasteiger partial charge in [-0.1, -0.05) is 6.07 Å². The van der Waals surface area contributed by atoms with Crippen molar-refractivity contribution in [3.05, 3.63) is 27.2 Å². The third kappa shape index (κ3) is 3.68. The van der Waals surface area contributed by atoms with E-state index in [2.05, 4.69) is 22.0 Å². The van der Waals surface area contributed by atoms with Crippen LogP contribution in [0.1, 0.15) is 43.9 Å². The molecule has 0 N–H and O–H groups in total. The largest absolute Gasteiger partial charge is 0.444 e. The summed E-state index contributed by atoms with van der Waals surface area (Å²) in [6.07, 6.45) is 2.63. The molecule has 0 bridgehead atoms. The summed E-state index contributed by atoms with van der Waals surface area (Å²) in [4.78, 5) is 28.0. The number of fused-ring (bicyclic) bond motifs is 2. The number of amides is 2. The smallest absolute Gasteiger partial charge is 0.410 e. The van der Waals surface area contributed by atoms with Crippen molar-refractivity contribution in [2.24, 2.45) is 0 Å². The van der Waals surface area contributed by atoms with Gasteiger partial charge in [-0.3, -0.25) is 4.79 Å². The molecule has 0 aromatic heterocycles. The maximum Gasteiger partial charge on any atom is 0.410 e. The maximum absolute atomic E-state index is 12.4. The van der Waals surface area contributed by atoms with E-state index in [1.165, 1.54) is 16.7 Å². The van der Waals surface area contributed by atoms with Crippen molar-refractivity contribution in [3.8, 4) is 0 Å². The minimum absolute atomic E-state index is 0.150. The van der Waals surface area contributed by atoms with Gasteiger partial charge in [-0.25, -0.2) is 4.79 Å². The van der Waals surface area contributed by atoms with Crippen molar-refractivity contribution >= 4 is 33.6 Å². The topological polar surface area (TPSA) is 49.9 Å². The average Bonchev–Trinajstić information content (AvgIpc) is 2.72. The molecule has 0 spiro atoms. The standard InChI is InChI=1S/C19H25BrN2O3/c1-19(2,3)25-18(24)22-9-7-12-11-13-5-6-15(23)21(4)17(13)16(20)14(12)8-10-22/h11H,5-10H2,1-4H3. The first-order chi connectivity index (χ1) is 11.7. The number of halogens is 1. The molecule has 1 aromatic carbocycles. The van der Waals surface area contributed by atoms with Crippen molar-refractivity contribution in [1.82, 2.24) is 4.90 Å². The van der Waals surface area contributed by atoms with Crippen LogP contribution in [0.4, 0.5) is 10.5 Å². The number of nitrogens with zero attached hydrogens (tertiary/aromatic N) is 2. The van der Waals surface area contributed by atoms with Crippen molar-refractivity contribution in [2.45, 2.75) is 52.1 Å². The normalized spacial score (nSPS) is 17.7. The fourth-order valence-corrected chi connectivity index (χ4v) is 4.47. The lowest BCUT2D eigenvalue weighted by Crippen LogP contribution is -2.38. The summed E-state index contributed by atoms with van der Waals surface area (Å²) in [6.45, 7) is 6.93. The molecule has 2 amide bonds. The molecule has 0 fully saturated rings. The highest BCUT2D eigenvalue weighted by Gasteiger charge is 2.29. The summed E-state index contributed by atoms with van der Waals surface area (Å²) in [5.74, 6) is 0.150. The molecular formula is C19H25BrN2O3. The predicted molar refractivity (Wildman–Crippen MR) is 101 cm³/mol. The quantitative estimate of drug-likeness (QED) is 0.657. The minimum atomic E-state index is -0.487. The van der Waals surface area contributed by atoms with Gasteiger partial charge < -0.3 is 14.5 Å². The number of anilines is 1. The van der Waals surface area contributed by atoms with E-state index < -0.39 is 5.60 Å². The summed E-state index contributed by atoms with van der Waals surface area (Å²) in [7, 11) is 1.83. The predicted octanol–water partition coefficient (Wildman–Crippen LogP) is 3.69. The van der Waals surface area contributed by atoms with Crippen LogP contribution >= 0.6 is 15.9 Å². The summed E-state index contributed by atoms with van der Waals surface area (Å²) in [5.41, 5.74) is 4.17. The van der Waals surface area contributed by atoms with E-state index in [-0.39, 0.29) is 12.0 Å². The van der Waals surface area contributed by atoms with Gasteiger partial charge in [0.1, 0.15) is 5.60 Å². The molecular weight excluding hydrogens is 384 g/mol.